The van der Waals surface area contributed by atoms with Gasteiger partial charge in [0.2, 0.25) is 5.95 Å². The molecular weight excluding hydrogens is 238 g/mol. The molecule has 0 aliphatic carbocycles. The summed E-state index contributed by atoms with van der Waals surface area (Å²) in [6, 6.07) is 0. The number of hydrogen-bond donors (Lipinski definition) is 0. The molecule has 1 aliphatic heterocycles. The van der Waals surface area contributed by atoms with Crippen LogP contribution in [-0.2, 0) is 4.74 Å². The molecule has 4 heteroatoms. The van der Waals surface area contributed by atoms with Gasteiger partial charge in [0.1, 0.15) is 0 Å². The highest BCUT2D eigenvalue weighted by Crippen LogP contribution is 2.18. The van der Waals surface area contributed by atoms with Crippen molar-refractivity contribution in [3.63, 3.8) is 0 Å². The van der Waals surface area contributed by atoms with E-state index in [1.807, 2.05) is 13.8 Å². The van der Waals surface area contributed by atoms with E-state index in [4.69, 9.17) is 4.74 Å². The van der Waals surface area contributed by atoms with E-state index in [0.717, 1.165) is 43.3 Å². The molecule has 0 amide bonds. The molecule has 19 heavy (non-hydrogen) atoms. The molecule has 4 nitrogen and oxygen atoms in total. The summed E-state index contributed by atoms with van der Waals surface area (Å²) >= 11 is 0. The third-order valence-electron chi connectivity index (χ3n) is 4.01. The number of rotatable bonds is 5. The quantitative estimate of drug-likeness (QED) is 0.819. The van der Waals surface area contributed by atoms with Crippen molar-refractivity contribution in [2.75, 3.05) is 25.1 Å². The Morgan fingerprint density at radius 1 is 1.21 bits per heavy atom. The van der Waals surface area contributed by atoms with Gasteiger partial charge in [-0.15, -0.1) is 0 Å². The van der Waals surface area contributed by atoms with Crippen molar-refractivity contribution < 1.29 is 4.74 Å². The van der Waals surface area contributed by atoms with Crippen molar-refractivity contribution in [1.82, 2.24) is 9.97 Å². The van der Waals surface area contributed by atoms with Gasteiger partial charge in [-0.3, -0.25) is 0 Å². The Bertz CT molecular complexity index is 404. The molecule has 1 fully saturated rings. The van der Waals surface area contributed by atoms with Crippen molar-refractivity contribution >= 4 is 5.95 Å². The van der Waals surface area contributed by atoms with E-state index >= 15 is 0 Å². The molecule has 1 atom stereocenters. The summed E-state index contributed by atoms with van der Waals surface area (Å²) in [5, 5.41) is 0. The third-order valence-corrected chi connectivity index (χ3v) is 4.01. The average Bonchev–Trinajstić information content (AvgIpc) is 2.88. The molecule has 0 spiro atoms. The van der Waals surface area contributed by atoms with Gasteiger partial charge in [0, 0.05) is 31.6 Å². The molecule has 0 aromatic carbocycles. The van der Waals surface area contributed by atoms with E-state index < -0.39 is 0 Å². The van der Waals surface area contributed by atoms with Crippen molar-refractivity contribution in [3.8, 4) is 0 Å². The fourth-order valence-electron chi connectivity index (χ4n) is 2.45. The molecule has 1 saturated heterocycles. The number of ether oxygens (including phenoxy) is 1. The first-order chi connectivity index (χ1) is 9.08. The van der Waals surface area contributed by atoms with Crippen molar-refractivity contribution in [2.45, 2.75) is 52.6 Å². The lowest BCUT2D eigenvalue weighted by atomic mass is 10.1. The van der Waals surface area contributed by atoms with Crippen molar-refractivity contribution in [2.24, 2.45) is 0 Å². The van der Waals surface area contributed by atoms with Crippen LogP contribution in [0.25, 0.3) is 0 Å². The van der Waals surface area contributed by atoms with Crippen LogP contribution in [0.3, 0.4) is 0 Å². The molecule has 1 aromatic heterocycles. The van der Waals surface area contributed by atoms with Gasteiger partial charge in [0.15, 0.2) is 0 Å². The summed E-state index contributed by atoms with van der Waals surface area (Å²) in [7, 11) is 2.07. The van der Waals surface area contributed by atoms with E-state index in [2.05, 4.69) is 28.8 Å². The lowest BCUT2D eigenvalue weighted by molar-refractivity contribution is 0.103. The monoisotopic (exact) mass is 263 g/mol. The van der Waals surface area contributed by atoms with Gasteiger partial charge >= 0.3 is 0 Å². The predicted molar refractivity (Wildman–Crippen MR) is 77.7 cm³/mol. The minimum Gasteiger partial charge on any atom is -0.378 e. The van der Waals surface area contributed by atoms with E-state index in [1.165, 1.54) is 18.4 Å². The number of anilines is 1. The number of nitrogens with zero attached hydrogens (tertiary/aromatic N) is 3. The first kappa shape index (κ1) is 14.3. The molecule has 106 valence electrons. The summed E-state index contributed by atoms with van der Waals surface area (Å²) < 4.78 is 5.64. The summed E-state index contributed by atoms with van der Waals surface area (Å²) in [6.45, 7) is 8.11. The number of hydrogen-bond acceptors (Lipinski definition) is 4. The van der Waals surface area contributed by atoms with E-state index in [-0.39, 0.29) is 0 Å². The minimum absolute atomic E-state index is 0.482. The van der Waals surface area contributed by atoms with Crippen molar-refractivity contribution in [1.29, 1.82) is 0 Å². The SMILES string of the molecule is Cc1nc(N(C)CCCC2CCCO2)nc(C)c1C. The Hall–Kier alpha value is -1.16. The lowest BCUT2D eigenvalue weighted by Gasteiger charge is -2.19. The second-order valence-corrected chi connectivity index (χ2v) is 5.52. The summed E-state index contributed by atoms with van der Waals surface area (Å²) in [6.07, 6.45) is 5.21. The zero-order chi connectivity index (χ0) is 13.8. The van der Waals surface area contributed by atoms with Crippen LogP contribution in [0.4, 0.5) is 5.95 Å². The Labute approximate surface area is 116 Å². The molecule has 1 unspecified atom stereocenters. The maximum atomic E-state index is 5.64. The summed E-state index contributed by atoms with van der Waals surface area (Å²) in [4.78, 5) is 11.3. The highest BCUT2D eigenvalue weighted by molar-refractivity contribution is 5.34. The van der Waals surface area contributed by atoms with Crippen LogP contribution in [-0.4, -0.2) is 36.3 Å². The largest absolute Gasteiger partial charge is 0.378 e. The number of aryl methyl sites for hydroxylation is 2. The first-order valence-corrected chi connectivity index (χ1v) is 7.22. The molecule has 0 N–H and O–H groups in total. The molecule has 2 heterocycles. The molecular formula is C15H25N3O. The van der Waals surface area contributed by atoms with E-state index in [0.29, 0.717) is 6.10 Å². The fraction of sp³-hybridized carbons (Fsp3) is 0.733. The molecule has 0 radical (unpaired) electrons. The van der Waals surface area contributed by atoms with Crippen molar-refractivity contribution in [3.05, 3.63) is 17.0 Å². The normalized spacial score (nSPS) is 18.8. The molecule has 0 bridgehead atoms. The predicted octanol–water partition coefficient (Wildman–Crippen LogP) is 2.80. The Morgan fingerprint density at radius 3 is 2.47 bits per heavy atom. The van der Waals surface area contributed by atoms with Crippen LogP contribution in [0, 0.1) is 20.8 Å². The Kier molecular flexibility index (Phi) is 4.75. The van der Waals surface area contributed by atoms with Gasteiger partial charge in [-0.25, -0.2) is 9.97 Å². The lowest BCUT2D eigenvalue weighted by Crippen LogP contribution is -2.23. The smallest absolute Gasteiger partial charge is 0.225 e. The standard InChI is InChI=1S/C15H25N3O/c1-11-12(2)16-15(17-13(11)3)18(4)9-5-7-14-8-6-10-19-14/h14H,5-10H2,1-4H3. The molecule has 2 rings (SSSR count). The maximum Gasteiger partial charge on any atom is 0.225 e. The third kappa shape index (κ3) is 3.66. The van der Waals surface area contributed by atoms with Crippen LogP contribution in [0.15, 0.2) is 0 Å². The second kappa shape index (κ2) is 6.33. The van der Waals surface area contributed by atoms with Crippen LogP contribution >= 0.6 is 0 Å². The summed E-state index contributed by atoms with van der Waals surface area (Å²) in [5.41, 5.74) is 3.35. The first-order valence-electron chi connectivity index (χ1n) is 7.22. The maximum absolute atomic E-state index is 5.64. The topological polar surface area (TPSA) is 38.2 Å². The van der Waals surface area contributed by atoms with Gasteiger partial charge < -0.3 is 9.64 Å². The molecule has 1 aliphatic rings. The van der Waals surface area contributed by atoms with Gasteiger partial charge in [-0.05, 0) is 52.0 Å². The van der Waals surface area contributed by atoms with Crippen LogP contribution in [0.2, 0.25) is 0 Å². The molecule has 1 aromatic rings. The minimum atomic E-state index is 0.482. The van der Waals surface area contributed by atoms with Gasteiger partial charge in [-0.1, -0.05) is 0 Å². The van der Waals surface area contributed by atoms with Gasteiger partial charge in [0.25, 0.3) is 0 Å². The van der Waals surface area contributed by atoms with E-state index in [1.54, 1.807) is 0 Å². The average molecular weight is 263 g/mol. The zero-order valence-electron chi connectivity index (χ0n) is 12.6. The Morgan fingerprint density at radius 2 is 1.89 bits per heavy atom. The van der Waals surface area contributed by atoms with Crippen LogP contribution in [0.5, 0.6) is 0 Å². The second-order valence-electron chi connectivity index (χ2n) is 5.52. The highest BCUT2D eigenvalue weighted by Gasteiger charge is 2.15. The van der Waals surface area contributed by atoms with Gasteiger partial charge in [0.05, 0.1) is 6.10 Å². The number of aromatic nitrogens is 2. The van der Waals surface area contributed by atoms with Gasteiger partial charge in [-0.2, -0.15) is 0 Å². The highest BCUT2D eigenvalue weighted by atomic mass is 16.5. The van der Waals surface area contributed by atoms with Crippen LogP contribution in [0.1, 0.15) is 42.6 Å². The Balaban J connectivity index is 1.86. The zero-order valence-corrected chi connectivity index (χ0v) is 12.6. The fourth-order valence-corrected chi connectivity index (χ4v) is 2.45. The van der Waals surface area contributed by atoms with Crippen LogP contribution < -0.4 is 4.90 Å². The molecule has 0 saturated carbocycles. The summed E-state index contributed by atoms with van der Waals surface area (Å²) in [5.74, 6) is 0.841. The van der Waals surface area contributed by atoms with E-state index in [9.17, 15) is 0 Å².